The van der Waals surface area contributed by atoms with Gasteiger partial charge in [0, 0.05) is 41.5 Å². The van der Waals surface area contributed by atoms with Crippen LogP contribution < -0.4 is 9.80 Å². The second-order valence-corrected chi connectivity index (χ2v) is 8.62. The number of carbonyl (C=O) groups excluding carboxylic acids is 1. The highest BCUT2D eigenvalue weighted by molar-refractivity contribution is 8.19. The van der Waals surface area contributed by atoms with E-state index in [0.717, 1.165) is 60.6 Å². The number of thioether (sulfide) groups is 1. The van der Waals surface area contributed by atoms with Crippen LogP contribution in [-0.4, -0.2) is 52.6 Å². The van der Waals surface area contributed by atoms with Crippen molar-refractivity contribution in [3.63, 3.8) is 0 Å². The van der Waals surface area contributed by atoms with Gasteiger partial charge < -0.3 is 9.64 Å². The average Bonchev–Trinajstić information content (AvgIpc) is 3.51. The largest absolute Gasteiger partial charge is 0.378 e. The topological polar surface area (TPSA) is 98.2 Å². The van der Waals surface area contributed by atoms with Gasteiger partial charge in [-0.25, -0.2) is 9.88 Å². The van der Waals surface area contributed by atoms with Gasteiger partial charge in [-0.05, 0) is 30.0 Å². The van der Waals surface area contributed by atoms with Gasteiger partial charge in [0.25, 0.3) is 5.91 Å². The normalized spacial score (nSPS) is 18.6. The number of hydrogen-bond donors (Lipinski definition) is 2. The Labute approximate surface area is 181 Å². The van der Waals surface area contributed by atoms with Gasteiger partial charge in [-0.1, -0.05) is 12.1 Å². The number of hydrogen-bond acceptors (Lipinski definition) is 8. The summed E-state index contributed by atoms with van der Waals surface area (Å²) < 4.78 is 5.42. The zero-order valence-corrected chi connectivity index (χ0v) is 17.5. The number of ether oxygens (including phenoxy) is 1. The van der Waals surface area contributed by atoms with Crippen molar-refractivity contribution in [2.75, 3.05) is 36.1 Å². The predicted molar refractivity (Wildman–Crippen MR) is 120 cm³/mol. The molecule has 2 aromatic heterocycles. The molecule has 1 amide bonds. The fourth-order valence-electron chi connectivity index (χ4n) is 3.42. The van der Waals surface area contributed by atoms with Crippen LogP contribution in [0.25, 0.3) is 17.3 Å². The van der Waals surface area contributed by atoms with Crippen LogP contribution in [0.5, 0.6) is 0 Å². The SMILES string of the molecule is N=C1SC(=Cc2cn[nH]c2-c2ccc(N3CCOCC3)cc2)C(=O)N1c1nccs1. The van der Waals surface area contributed by atoms with E-state index in [4.69, 9.17) is 10.1 Å². The van der Waals surface area contributed by atoms with Crippen molar-refractivity contribution in [2.45, 2.75) is 0 Å². The molecule has 0 aliphatic carbocycles. The molecule has 10 heteroatoms. The molecule has 0 radical (unpaired) electrons. The maximum atomic E-state index is 12.8. The van der Waals surface area contributed by atoms with Gasteiger partial charge in [0.2, 0.25) is 0 Å². The van der Waals surface area contributed by atoms with E-state index in [2.05, 4.69) is 32.2 Å². The molecule has 0 unspecified atom stereocenters. The first-order valence-corrected chi connectivity index (χ1v) is 11.1. The van der Waals surface area contributed by atoms with Gasteiger partial charge in [0.05, 0.1) is 30.0 Å². The Morgan fingerprint density at radius 3 is 2.73 bits per heavy atom. The summed E-state index contributed by atoms with van der Waals surface area (Å²) in [5.41, 5.74) is 3.79. The fourth-order valence-corrected chi connectivity index (χ4v) is 4.96. The van der Waals surface area contributed by atoms with E-state index in [1.165, 1.54) is 16.2 Å². The van der Waals surface area contributed by atoms with Gasteiger partial charge in [0.1, 0.15) is 0 Å². The number of amidine groups is 1. The first-order chi connectivity index (χ1) is 14.7. The molecule has 2 aliphatic rings. The van der Waals surface area contributed by atoms with Crippen LogP contribution >= 0.6 is 23.1 Å². The molecular weight excluding hydrogens is 420 g/mol. The van der Waals surface area contributed by atoms with Crippen molar-refractivity contribution in [1.82, 2.24) is 15.2 Å². The highest BCUT2D eigenvalue weighted by atomic mass is 32.2. The van der Waals surface area contributed by atoms with E-state index in [1.54, 1.807) is 23.8 Å². The second kappa shape index (κ2) is 8.05. The Hall–Kier alpha value is -2.95. The van der Waals surface area contributed by atoms with Crippen molar-refractivity contribution < 1.29 is 9.53 Å². The smallest absolute Gasteiger partial charge is 0.273 e. The molecule has 2 N–H and O–H groups in total. The number of nitrogens with one attached hydrogen (secondary N) is 2. The molecule has 3 aromatic rings. The number of aromatic amines is 1. The summed E-state index contributed by atoms with van der Waals surface area (Å²) >= 11 is 2.46. The molecule has 8 nitrogen and oxygen atoms in total. The summed E-state index contributed by atoms with van der Waals surface area (Å²) in [5.74, 6) is -0.241. The lowest BCUT2D eigenvalue weighted by molar-refractivity contribution is -0.113. The van der Waals surface area contributed by atoms with E-state index in [0.29, 0.717) is 10.0 Å². The second-order valence-electron chi connectivity index (χ2n) is 6.72. The third kappa shape index (κ3) is 3.53. The summed E-state index contributed by atoms with van der Waals surface area (Å²) in [7, 11) is 0. The fraction of sp³-hybridized carbons (Fsp3) is 0.200. The van der Waals surface area contributed by atoms with Crippen LogP contribution in [0.15, 0.2) is 46.9 Å². The van der Waals surface area contributed by atoms with Crippen LogP contribution in [0.3, 0.4) is 0 Å². The number of nitrogens with zero attached hydrogens (tertiary/aromatic N) is 4. The highest BCUT2D eigenvalue weighted by Gasteiger charge is 2.35. The lowest BCUT2D eigenvalue weighted by Gasteiger charge is -2.28. The number of amides is 1. The maximum Gasteiger partial charge on any atom is 0.273 e. The standard InChI is InChI=1S/C20H18N6O2S2/c21-19-26(20-22-5-10-29-20)18(27)16(30-19)11-14-12-23-24-17(14)13-1-3-15(4-2-13)25-6-8-28-9-7-25/h1-5,10-12,21H,6-9H2,(H,23,24). The molecule has 0 atom stereocenters. The molecular formula is C20H18N6O2S2. The number of morpholine rings is 1. The first-order valence-electron chi connectivity index (χ1n) is 9.39. The van der Waals surface area contributed by atoms with Crippen molar-refractivity contribution in [3.8, 4) is 11.3 Å². The van der Waals surface area contributed by atoms with Crippen LogP contribution in [0, 0.1) is 5.41 Å². The maximum absolute atomic E-state index is 12.8. The van der Waals surface area contributed by atoms with Crippen LogP contribution in [0.1, 0.15) is 5.56 Å². The summed E-state index contributed by atoms with van der Waals surface area (Å²) in [6, 6.07) is 8.28. The molecule has 0 saturated carbocycles. The van der Waals surface area contributed by atoms with Crippen molar-refractivity contribution in [2.24, 2.45) is 0 Å². The zero-order valence-electron chi connectivity index (χ0n) is 15.9. The van der Waals surface area contributed by atoms with Crippen LogP contribution in [0.4, 0.5) is 10.8 Å². The average molecular weight is 439 g/mol. The predicted octanol–water partition coefficient (Wildman–Crippen LogP) is 3.43. The lowest BCUT2D eigenvalue weighted by Crippen LogP contribution is -2.36. The molecule has 4 heterocycles. The summed E-state index contributed by atoms with van der Waals surface area (Å²) in [6.07, 6.45) is 5.10. The van der Waals surface area contributed by atoms with Gasteiger partial charge >= 0.3 is 0 Å². The number of aromatic nitrogens is 3. The van der Waals surface area contributed by atoms with Gasteiger partial charge in [-0.2, -0.15) is 5.10 Å². The molecule has 0 bridgehead atoms. The quantitative estimate of drug-likeness (QED) is 0.606. The highest BCUT2D eigenvalue weighted by Crippen LogP contribution is 2.37. The Kier molecular flexibility index (Phi) is 5.11. The number of rotatable bonds is 4. The monoisotopic (exact) mass is 438 g/mol. The molecule has 30 heavy (non-hydrogen) atoms. The summed E-state index contributed by atoms with van der Waals surface area (Å²) in [4.78, 5) is 21.1. The molecule has 0 spiro atoms. The molecule has 2 aliphatic heterocycles. The third-order valence-corrected chi connectivity index (χ3v) is 6.57. The van der Waals surface area contributed by atoms with Gasteiger partial charge in [-0.15, -0.1) is 11.3 Å². The lowest BCUT2D eigenvalue weighted by atomic mass is 10.1. The third-order valence-electron chi connectivity index (χ3n) is 4.92. The van der Waals surface area contributed by atoms with E-state index >= 15 is 0 Å². The molecule has 2 fully saturated rings. The van der Waals surface area contributed by atoms with Crippen molar-refractivity contribution in [3.05, 3.63) is 52.5 Å². The van der Waals surface area contributed by atoms with Crippen molar-refractivity contribution in [1.29, 1.82) is 5.41 Å². The Morgan fingerprint density at radius 1 is 1.20 bits per heavy atom. The molecule has 1 aromatic carbocycles. The van der Waals surface area contributed by atoms with E-state index in [1.807, 2.05) is 12.1 Å². The minimum atomic E-state index is -0.241. The first kappa shape index (κ1) is 19.0. The number of thiazole rings is 1. The number of H-pyrrole nitrogens is 1. The molecule has 152 valence electrons. The van der Waals surface area contributed by atoms with E-state index in [-0.39, 0.29) is 11.1 Å². The molecule has 5 rings (SSSR count). The van der Waals surface area contributed by atoms with Crippen LogP contribution in [0.2, 0.25) is 0 Å². The minimum Gasteiger partial charge on any atom is -0.378 e. The van der Waals surface area contributed by atoms with Crippen molar-refractivity contribution >= 4 is 51.1 Å². The number of carbonyl (C=O) groups is 1. The zero-order chi connectivity index (χ0) is 20.5. The van der Waals surface area contributed by atoms with E-state index < -0.39 is 0 Å². The summed E-state index contributed by atoms with van der Waals surface area (Å²) in [6.45, 7) is 3.28. The Bertz CT molecular complexity index is 1100. The van der Waals surface area contributed by atoms with Crippen LogP contribution in [-0.2, 0) is 9.53 Å². The molecule has 2 saturated heterocycles. The number of anilines is 2. The summed E-state index contributed by atoms with van der Waals surface area (Å²) in [5, 5.41) is 17.8. The Morgan fingerprint density at radius 2 is 2.00 bits per heavy atom. The minimum absolute atomic E-state index is 0.154. The van der Waals surface area contributed by atoms with Gasteiger partial charge in [0.15, 0.2) is 10.3 Å². The van der Waals surface area contributed by atoms with Gasteiger partial charge in [-0.3, -0.25) is 15.3 Å². The number of benzene rings is 1. The van der Waals surface area contributed by atoms with E-state index in [9.17, 15) is 4.79 Å². The Balaban J connectivity index is 1.40.